The van der Waals surface area contributed by atoms with Crippen molar-refractivity contribution in [3.8, 4) is 0 Å². The lowest BCUT2D eigenvalue weighted by Crippen LogP contribution is -2.41. The summed E-state index contributed by atoms with van der Waals surface area (Å²) < 4.78 is 56.6. The summed E-state index contributed by atoms with van der Waals surface area (Å²) in [5.41, 5.74) is -1.46. The van der Waals surface area contributed by atoms with E-state index in [1.54, 1.807) is 13.2 Å². The number of pyridine rings is 1. The predicted octanol–water partition coefficient (Wildman–Crippen LogP) is 4.93. The van der Waals surface area contributed by atoms with Crippen molar-refractivity contribution in [2.75, 3.05) is 5.32 Å². The fourth-order valence-corrected chi connectivity index (χ4v) is 4.18. The molecule has 2 heterocycles. The molecule has 1 aromatic carbocycles. The minimum atomic E-state index is -4.94. The zero-order valence-electron chi connectivity index (χ0n) is 17.0. The van der Waals surface area contributed by atoms with Crippen molar-refractivity contribution in [2.45, 2.75) is 43.9 Å². The number of hydrogen-bond acceptors (Lipinski definition) is 4. The van der Waals surface area contributed by atoms with Gasteiger partial charge in [0.2, 0.25) is 0 Å². The summed E-state index contributed by atoms with van der Waals surface area (Å²) in [5.74, 6) is -1.75. The van der Waals surface area contributed by atoms with Crippen LogP contribution in [0.1, 0.15) is 41.7 Å². The van der Waals surface area contributed by atoms with Gasteiger partial charge in [-0.1, -0.05) is 11.6 Å². The normalized spacial score (nSPS) is 19.2. The van der Waals surface area contributed by atoms with Crippen LogP contribution in [-0.4, -0.2) is 32.8 Å². The van der Waals surface area contributed by atoms with Gasteiger partial charge in [-0.15, -0.1) is 0 Å². The number of fused-ring (bicyclic) bond motifs is 1. The topological polar surface area (TPSA) is 71.8 Å². The molecule has 3 aromatic rings. The van der Waals surface area contributed by atoms with Crippen LogP contribution in [0.3, 0.4) is 0 Å². The molecular weight excluding hydrogens is 450 g/mol. The van der Waals surface area contributed by atoms with E-state index in [0.717, 1.165) is 0 Å². The maximum Gasteiger partial charge on any atom is 0.436 e. The van der Waals surface area contributed by atoms with E-state index >= 15 is 0 Å². The first-order valence-corrected chi connectivity index (χ1v) is 10.4. The third kappa shape index (κ3) is 4.64. The highest BCUT2D eigenvalue weighted by Gasteiger charge is 2.38. The Balaban J connectivity index is 1.59. The molecule has 0 bridgehead atoms. The fourth-order valence-electron chi connectivity index (χ4n) is 4.00. The first-order valence-electron chi connectivity index (χ1n) is 10.0. The number of nitrogens with one attached hydrogen (secondary N) is 2. The maximum atomic E-state index is 14.9. The number of halogens is 5. The molecule has 0 saturated heterocycles. The number of benzene rings is 1. The summed E-state index contributed by atoms with van der Waals surface area (Å²) in [6.07, 6.45) is 0.572. The van der Waals surface area contributed by atoms with Gasteiger partial charge in [-0.25, -0.2) is 9.37 Å². The average Bonchev–Trinajstić information content (AvgIpc) is 3.16. The van der Waals surface area contributed by atoms with Crippen LogP contribution in [0.15, 0.2) is 30.6 Å². The fraction of sp³-hybridized carbons (Fsp3) is 0.381. The first kappa shape index (κ1) is 22.3. The number of anilines is 1. The monoisotopic (exact) mass is 469 g/mol. The molecule has 1 saturated carbocycles. The van der Waals surface area contributed by atoms with Gasteiger partial charge in [0.15, 0.2) is 11.5 Å². The van der Waals surface area contributed by atoms with E-state index in [1.165, 1.54) is 29.1 Å². The molecule has 1 aliphatic carbocycles. The van der Waals surface area contributed by atoms with E-state index in [1.807, 2.05) is 0 Å². The van der Waals surface area contributed by atoms with Crippen molar-refractivity contribution < 1.29 is 22.4 Å². The molecule has 2 N–H and O–H groups in total. The lowest BCUT2D eigenvalue weighted by Gasteiger charge is -2.31. The number of aryl methyl sites for hydroxylation is 1. The summed E-state index contributed by atoms with van der Waals surface area (Å²) >= 11 is 6.00. The van der Waals surface area contributed by atoms with E-state index in [9.17, 15) is 22.4 Å². The molecule has 4 rings (SSSR count). The SMILES string of the molecule is Cn1cc(C(=O)N[C@@H]2CCC[C@H](Nc3c(F)c(C(F)(F)F)nc4ccc(Cl)cc34)C2)cn1. The smallest absolute Gasteiger partial charge is 0.379 e. The molecule has 32 heavy (non-hydrogen) atoms. The highest BCUT2D eigenvalue weighted by atomic mass is 35.5. The van der Waals surface area contributed by atoms with E-state index in [0.29, 0.717) is 31.2 Å². The van der Waals surface area contributed by atoms with Gasteiger partial charge in [0.25, 0.3) is 5.91 Å². The molecule has 11 heteroatoms. The van der Waals surface area contributed by atoms with Gasteiger partial charge in [-0.05, 0) is 43.9 Å². The highest BCUT2D eigenvalue weighted by Crippen LogP contribution is 2.38. The summed E-state index contributed by atoms with van der Waals surface area (Å²) in [5, 5.41) is 10.3. The van der Waals surface area contributed by atoms with Crippen molar-refractivity contribution >= 4 is 34.1 Å². The maximum absolute atomic E-state index is 14.9. The zero-order valence-corrected chi connectivity index (χ0v) is 17.8. The van der Waals surface area contributed by atoms with Crippen molar-refractivity contribution in [1.82, 2.24) is 20.1 Å². The van der Waals surface area contributed by atoms with Crippen LogP contribution in [0, 0.1) is 5.82 Å². The average molecular weight is 470 g/mol. The third-order valence-electron chi connectivity index (χ3n) is 5.48. The van der Waals surface area contributed by atoms with Gasteiger partial charge in [0.05, 0.1) is 23.0 Å². The van der Waals surface area contributed by atoms with Crippen LogP contribution in [-0.2, 0) is 13.2 Å². The molecule has 1 aliphatic rings. The Kier molecular flexibility index (Phi) is 5.98. The van der Waals surface area contributed by atoms with Crippen molar-refractivity contribution in [3.63, 3.8) is 0 Å². The zero-order chi connectivity index (χ0) is 23.0. The third-order valence-corrected chi connectivity index (χ3v) is 5.72. The number of aromatic nitrogens is 3. The van der Waals surface area contributed by atoms with Crippen LogP contribution < -0.4 is 10.6 Å². The highest BCUT2D eigenvalue weighted by molar-refractivity contribution is 6.31. The largest absolute Gasteiger partial charge is 0.436 e. The number of amides is 1. The number of alkyl halides is 3. The Bertz CT molecular complexity index is 1160. The molecule has 0 aliphatic heterocycles. The van der Waals surface area contributed by atoms with Gasteiger partial charge in [0.1, 0.15) is 0 Å². The van der Waals surface area contributed by atoms with Gasteiger partial charge >= 0.3 is 6.18 Å². The molecule has 2 aromatic heterocycles. The quantitative estimate of drug-likeness (QED) is 0.531. The molecule has 1 fully saturated rings. The molecule has 1 amide bonds. The lowest BCUT2D eigenvalue weighted by molar-refractivity contribution is -0.143. The molecule has 6 nitrogen and oxygen atoms in total. The van der Waals surface area contributed by atoms with Crippen LogP contribution in [0.5, 0.6) is 0 Å². The second kappa shape index (κ2) is 8.57. The van der Waals surface area contributed by atoms with E-state index in [2.05, 4.69) is 20.7 Å². The van der Waals surface area contributed by atoms with E-state index in [-0.39, 0.29) is 39.6 Å². The Morgan fingerprint density at radius 2 is 2.00 bits per heavy atom. The number of nitrogens with zero attached hydrogens (tertiary/aromatic N) is 3. The summed E-state index contributed by atoms with van der Waals surface area (Å²) in [7, 11) is 1.70. The summed E-state index contributed by atoms with van der Waals surface area (Å²) in [6.45, 7) is 0. The Morgan fingerprint density at radius 1 is 1.25 bits per heavy atom. The van der Waals surface area contributed by atoms with Crippen LogP contribution in [0.2, 0.25) is 5.02 Å². The Labute approximate surface area is 186 Å². The van der Waals surface area contributed by atoms with Gasteiger partial charge in [-0.3, -0.25) is 9.48 Å². The predicted molar refractivity (Wildman–Crippen MR) is 112 cm³/mol. The van der Waals surface area contributed by atoms with Gasteiger partial charge in [0, 0.05) is 35.7 Å². The molecule has 0 radical (unpaired) electrons. The second-order valence-electron chi connectivity index (χ2n) is 7.89. The number of carbonyl (C=O) groups excluding carboxylic acids is 1. The standard InChI is InChI=1S/C21H20ClF4N5O/c1-31-10-11(9-27-31)20(32)29-14-4-2-3-13(8-14)28-18-15-7-12(22)5-6-16(15)30-19(17(18)23)21(24,25)26/h5-7,9-10,13-14H,2-4,8H2,1H3,(H,28,30)(H,29,32)/t13-,14+/m0/s1. The molecular formula is C21H20ClF4N5O. The van der Waals surface area contributed by atoms with Crippen molar-refractivity contribution in [2.24, 2.45) is 7.05 Å². The van der Waals surface area contributed by atoms with Gasteiger partial charge < -0.3 is 10.6 Å². The van der Waals surface area contributed by atoms with Crippen LogP contribution in [0.25, 0.3) is 10.9 Å². The first-order chi connectivity index (χ1) is 15.1. The lowest BCUT2D eigenvalue weighted by atomic mass is 9.90. The Hall–Kier alpha value is -2.88. The van der Waals surface area contributed by atoms with E-state index in [4.69, 9.17) is 11.6 Å². The van der Waals surface area contributed by atoms with Crippen molar-refractivity contribution in [1.29, 1.82) is 0 Å². The number of rotatable bonds is 4. The second-order valence-corrected chi connectivity index (χ2v) is 8.33. The molecule has 0 spiro atoms. The molecule has 170 valence electrons. The van der Waals surface area contributed by atoms with Crippen LogP contribution in [0.4, 0.5) is 23.2 Å². The van der Waals surface area contributed by atoms with Crippen molar-refractivity contribution in [3.05, 3.63) is 52.7 Å². The summed E-state index contributed by atoms with van der Waals surface area (Å²) in [4.78, 5) is 15.9. The van der Waals surface area contributed by atoms with Gasteiger partial charge in [-0.2, -0.15) is 18.3 Å². The number of carbonyl (C=O) groups is 1. The minimum absolute atomic E-state index is 0.0112. The number of hydrogen-bond donors (Lipinski definition) is 2. The van der Waals surface area contributed by atoms with E-state index < -0.39 is 17.7 Å². The Morgan fingerprint density at radius 3 is 2.69 bits per heavy atom. The summed E-state index contributed by atoms with van der Waals surface area (Å²) in [6, 6.07) is 3.57. The molecule has 2 atom stereocenters. The van der Waals surface area contributed by atoms with Crippen LogP contribution >= 0.6 is 11.6 Å². The molecule has 0 unspecified atom stereocenters. The minimum Gasteiger partial charge on any atom is -0.379 e.